The van der Waals surface area contributed by atoms with Crippen molar-refractivity contribution in [3.8, 4) is 17.2 Å². The second kappa shape index (κ2) is 4.85. The molecule has 0 unspecified atom stereocenters. The van der Waals surface area contributed by atoms with Crippen LogP contribution < -0.4 is 5.56 Å². The number of aromatic nitrogens is 2. The highest BCUT2D eigenvalue weighted by atomic mass is 16.1. The molecule has 0 saturated carbocycles. The van der Waals surface area contributed by atoms with Gasteiger partial charge in [0.05, 0.1) is 10.9 Å². The molecule has 0 aliphatic rings. The van der Waals surface area contributed by atoms with Crippen LogP contribution in [0.1, 0.15) is 11.1 Å². The molecule has 0 aliphatic heterocycles. The first-order chi connectivity index (χ1) is 11.2. The molecule has 1 N–H and O–H groups in total. The van der Waals surface area contributed by atoms with Crippen molar-refractivity contribution in [3.05, 3.63) is 76.2 Å². The zero-order valence-corrected chi connectivity index (χ0v) is 12.5. The maximum atomic E-state index is 12.4. The van der Waals surface area contributed by atoms with E-state index in [2.05, 4.69) is 11.1 Å². The van der Waals surface area contributed by atoms with Crippen molar-refractivity contribution in [2.45, 2.75) is 6.92 Å². The third-order valence-corrected chi connectivity index (χ3v) is 4.09. The Bertz CT molecular complexity index is 1140. The number of nitrogens with zero attached hydrogens (tertiary/aromatic N) is 2. The van der Waals surface area contributed by atoms with E-state index < -0.39 is 0 Å². The van der Waals surface area contributed by atoms with E-state index in [1.54, 1.807) is 0 Å². The van der Waals surface area contributed by atoms with E-state index in [0.717, 1.165) is 22.2 Å². The molecule has 2 aromatic carbocycles. The summed E-state index contributed by atoms with van der Waals surface area (Å²) in [4.78, 5) is 15.2. The van der Waals surface area contributed by atoms with Gasteiger partial charge in [-0.2, -0.15) is 5.26 Å². The molecule has 0 radical (unpaired) electrons. The Balaban J connectivity index is 2.18. The Hall–Kier alpha value is -3.32. The van der Waals surface area contributed by atoms with Crippen LogP contribution in [0.25, 0.3) is 27.7 Å². The SMILES string of the molecule is Cc1ccc2c(c1)c(=O)[nH]c1c(C#N)c(-c3ccccc3)cn12. The molecular weight excluding hydrogens is 286 g/mol. The van der Waals surface area contributed by atoms with Crippen LogP contribution in [0.2, 0.25) is 0 Å². The van der Waals surface area contributed by atoms with E-state index in [9.17, 15) is 10.1 Å². The van der Waals surface area contributed by atoms with Crippen LogP contribution in [0.4, 0.5) is 0 Å². The molecule has 110 valence electrons. The number of nitriles is 1. The van der Waals surface area contributed by atoms with E-state index in [1.807, 2.05) is 66.1 Å². The van der Waals surface area contributed by atoms with E-state index >= 15 is 0 Å². The summed E-state index contributed by atoms with van der Waals surface area (Å²) in [6.45, 7) is 1.95. The van der Waals surface area contributed by atoms with Crippen molar-refractivity contribution in [2.24, 2.45) is 0 Å². The van der Waals surface area contributed by atoms with Crippen LogP contribution in [0.15, 0.2) is 59.5 Å². The van der Waals surface area contributed by atoms with Crippen molar-refractivity contribution in [1.82, 2.24) is 9.38 Å². The Kier molecular flexibility index (Phi) is 2.82. The van der Waals surface area contributed by atoms with Gasteiger partial charge in [0.15, 0.2) is 0 Å². The number of aryl methyl sites for hydroxylation is 1. The standard InChI is InChI=1S/C19H13N3O/c1-12-7-8-17-14(9-12)19(23)21-18-15(10-20)16(11-22(17)18)13-5-3-2-4-6-13/h2-9,11H,1H3,(H,21,23). The summed E-state index contributed by atoms with van der Waals surface area (Å²) < 4.78 is 1.89. The second-order valence-electron chi connectivity index (χ2n) is 5.59. The molecule has 2 heterocycles. The Morgan fingerprint density at radius 1 is 1.13 bits per heavy atom. The number of nitrogens with one attached hydrogen (secondary N) is 1. The lowest BCUT2D eigenvalue weighted by atomic mass is 10.1. The second-order valence-corrected chi connectivity index (χ2v) is 5.59. The van der Waals surface area contributed by atoms with Crippen LogP contribution in [-0.2, 0) is 0 Å². The summed E-state index contributed by atoms with van der Waals surface area (Å²) in [5.41, 5.74) is 4.44. The molecule has 0 fully saturated rings. The maximum Gasteiger partial charge on any atom is 0.258 e. The quantitative estimate of drug-likeness (QED) is 0.583. The van der Waals surface area contributed by atoms with Gasteiger partial charge in [0, 0.05) is 11.8 Å². The fraction of sp³-hybridized carbons (Fsp3) is 0.0526. The summed E-state index contributed by atoms with van der Waals surface area (Å²) in [7, 11) is 0. The fourth-order valence-corrected chi connectivity index (χ4v) is 2.99. The average molecular weight is 299 g/mol. The molecule has 4 aromatic rings. The maximum absolute atomic E-state index is 12.4. The van der Waals surface area contributed by atoms with Crippen LogP contribution >= 0.6 is 0 Å². The average Bonchev–Trinajstić information content (AvgIpc) is 2.94. The third kappa shape index (κ3) is 1.95. The van der Waals surface area contributed by atoms with Gasteiger partial charge in [-0.1, -0.05) is 42.0 Å². The summed E-state index contributed by atoms with van der Waals surface area (Å²) in [6, 6.07) is 17.7. The van der Waals surface area contributed by atoms with Gasteiger partial charge in [0.25, 0.3) is 5.56 Å². The number of benzene rings is 2. The van der Waals surface area contributed by atoms with Gasteiger partial charge in [-0.15, -0.1) is 0 Å². The van der Waals surface area contributed by atoms with Gasteiger partial charge in [0.1, 0.15) is 17.3 Å². The van der Waals surface area contributed by atoms with Crippen molar-refractivity contribution in [2.75, 3.05) is 0 Å². The van der Waals surface area contributed by atoms with Gasteiger partial charge in [-0.25, -0.2) is 0 Å². The van der Waals surface area contributed by atoms with Crippen LogP contribution in [-0.4, -0.2) is 9.38 Å². The van der Waals surface area contributed by atoms with Gasteiger partial charge in [-0.3, -0.25) is 4.79 Å². The minimum atomic E-state index is -0.176. The third-order valence-electron chi connectivity index (χ3n) is 4.09. The molecule has 2 aromatic heterocycles. The van der Waals surface area contributed by atoms with E-state index in [-0.39, 0.29) is 5.56 Å². The van der Waals surface area contributed by atoms with Gasteiger partial charge in [0.2, 0.25) is 0 Å². The first kappa shape index (κ1) is 13.4. The lowest BCUT2D eigenvalue weighted by molar-refractivity contribution is 1.16. The summed E-state index contributed by atoms with van der Waals surface area (Å²) in [5.74, 6) is 0. The molecule has 0 spiro atoms. The van der Waals surface area contributed by atoms with E-state index in [4.69, 9.17) is 0 Å². The molecule has 4 heteroatoms. The van der Waals surface area contributed by atoms with Crippen molar-refractivity contribution >= 4 is 16.6 Å². The number of rotatable bonds is 1. The predicted octanol–water partition coefficient (Wildman–Crippen LogP) is 3.63. The minimum Gasteiger partial charge on any atom is -0.306 e. The molecule has 0 bridgehead atoms. The number of aromatic amines is 1. The molecular formula is C19H13N3O. The number of hydrogen-bond donors (Lipinski definition) is 1. The Morgan fingerprint density at radius 2 is 1.91 bits per heavy atom. The van der Waals surface area contributed by atoms with E-state index in [1.165, 1.54) is 0 Å². The zero-order chi connectivity index (χ0) is 16.0. The van der Waals surface area contributed by atoms with Gasteiger partial charge >= 0.3 is 0 Å². The van der Waals surface area contributed by atoms with Crippen LogP contribution in [0, 0.1) is 18.3 Å². The van der Waals surface area contributed by atoms with Gasteiger partial charge in [-0.05, 0) is 24.6 Å². The van der Waals surface area contributed by atoms with Crippen LogP contribution in [0.3, 0.4) is 0 Å². The lowest BCUT2D eigenvalue weighted by Gasteiger charge is -2.03. The van der Waals surface area contributed by atoms with Crippen molar-refractivity contribution < 1.29 is 0 Å². The van der Waals surface area contributed by atoms with Crippen molar-refractivity contribution in [3.63, 3.8) is 0 Å². The topological polar surface area (TPSA) is 61.1 Å². The summed E-state index contributed by atoms with van der Waals surface area (Å²) in [5, 5.41) is 10.2. The highest BCUT2D eigenvalue weighted by Crippen LogP contribution is 2.28. The monoisotopic (exact) mass is 299 g/mol. The summed E-state index contributed by atoms with van der Waals surface area (Å²) in [6.07, 6.45) is 1.91. The largest absolute Gasteiger partial charge is 0.306 e. The molecule has 4 nitrogen and oxygen atoms in total. The lowest BCUT2D eigenvalue weighted by Crippen LogP contribution is -2.09. The number of H-pyrrole nitrogens is 1. The minimum absolute atomic E-state index is 0.176. The highest BCUT2D eigenvalue weighted by molar-refractivity contribution is 5.86. The smallest absolute Gasteiger partial charge is 0.258 e. The first-order valence-corrected chi connectivity index (χ1v) is 7.32. The van der Waals surface area contributed by atoms with Gasteiger partial charge < -0.3 is 9.38 Å². The highest BCUT2D eigenvalue weighted by Gasteiger charge is 2.15. The molecule has 0 aliphatic carbocycles. The molecule has 4 rings (SSSR count). The fourth-order valence-electron chi connectivity index (χ4n) is 2.99. The Labute approximate surface area is 132 Å². The molecule has 23 heavy (non-hydrogen) atoms. The number of hydrogen-bond acceptors (Lipinski definition) is 2. The zero-order valence-electron chi connectivity index (χ0n) is 12.5. The molecule has 0 atom stereocenters. The molecule has 0 saturated heterocycles. The van der Waals surface area contributed by atoms with E-state index in [0.29, 0.717) is 16.6 Å². The summed E-state index contributed by atoms with van der Waals surface area (Å²) >= 11 is 0. The van der Waals surface area contributed by atoms with Crippen LogP contribution in [0.5, 0.6) is 0 Å². The molecule has 0 amide bonds. The Morgan fingerprint density at radius 3 is 2.65 bits per heavy atom. The first-order valence-electron chi connectivity index (χ1n) is 7.32. The normalized spacial score (nSPS) is 11.0. The number of fused-ring (bicyclic) bond motifs is 3. The predicted molar refractivity (Wildman–Crippen MR) is 90.4 cm³/mol. The van der Waals surface area contributed by atoms with Crippen molar-refractivity contribution in [1.29, 1.82) is 5.26 Å².